The van der Waals surface area contributed by atoms with Crippen LogP contribution in [0.4, 0.5) is 0 Å². The van der Waals surface area contributed by atoms with Gasteiger partial charge in [-0.2, -0.15) is 0 Å². The molecule has 0 heteroatoms. The van der Waals surface area contributed by atoms with Gasteiger partial charge in [-0.15, -0.1) is 0 Å². The van der Waals surface area contributed by atoms with Crippen LogP contribution in [0.3, 0.4) is 0 Å². The summed E-state index contributed by atoms with van der Waals surface area (Å²) in [5, 5.41) is 10.8. The van der Waals surface area contributed by atoms with Crippen LogP contribution in [-0.2, 0) is 5.41 Å². The molecule has 1 aliphatic rings. The Labute approximate surface area is 181 Å². The second-order valence-electron chi connectivity index (χ2n) is 9.37. The molecule has 0 unspecified atom stereocenters. The molecule has 0 N–H and O–H groups in total. The molecule has 0 aliphatic heterocycles. The van der Waals surface area contributed by atoms with E-state index < -0.39 is 0 Å². The standard InChI is InChI=1S/C31H22/c1-31(2)26-13-7-10-22-18-21-9-4-6-12-24(21)29(28(22)26)25-17-16-20-15-14-19-8-3-5-11-23(19)27(20)30(25)31/h3-18H,1-2H3. The fraction of sp³-hybridized carbons (Fsp3) is 0.0968. The Balaban J connectivity index is 1.81. The highest BCUT2D eigenvalue weighted by atomic mass is 14.4. The summed E-state index contributed by atoms with van der Waals surface area (Å²) in [4.78, 5) is 0. The molecule has 0 saturated carbocycles. The Morgan fingerprint density at radius 1 is 0.516 bits per heavy atom. The smallest absolute Gasteiger partial charge is 0.0165 e. The van der Waals surface area contributed by atoms with Crippen molar-refractivity contribution < 1.29 is 0 Å². The fourth-order valence-corrected chi connectivity index (χ4v) is 6.01. The van der Waals surface area contributed by atoms with Crippen LogP contribution in [0.5, 0.6) is 0 Å². The first kappa shape index (κ1) is 17.1. The third-order valence-electron chi connectivity index (χ3n) is 7.37. The van der Waals surface area contributed by atoms with Gasteiger partial charge in [-0.3, -0.25) is 0 Å². The van der Waals surface area contributed by atoms with E-state index in [1.54, 1.807) is 0 Å². The molecule has 0 spiro atoms. The van der Waals surface area contributed by atoms with E-state index in [9.17, 15) is 0 Å². The predicted octanol–water partition coefficient (Wildman–Crippen LogP) is 8.61. The highest BCUT2D eigenvalue weighted by molar-refractivity contribution is 6.20. The molecule has 0 amide bonds. The molecule has 0 bridgehead atoms. The van der Waals surface area contributed by atoms with Crippen molar-refractivity contribution in [2.45, 2.75) is 19.3 Å². The number of benzene rings is 6. The molecule has 0 fully saturated rings. The lowest BCUT2D eigenvalue weighted by Gasteiger charge is -2.37. The van der Waals surface area contributed by atoms with Gasteiger partial charge >= 0.3 is 0 Å². The first-order valence-corrected chi connectivity index (χ1v) is 11.0. The lowest BCUT2D eigenvalue weighted by molar-refractivity contribution is 0.652. The molecule has 0 saturated heterocycles. The van der Waals surface area contributed by atoms with Crippen molar-refractivity contribution in [3.63, 3.8) is 0 Å². The van der Waals surface area contributed by atoms with Crippen LogP contribution < -0.4 is 0 Å². The average molecular weight is 395 g/mol. The van der Waals surface area contributed by atoms with E-state index >= 15 is 0 Å². The highest BCUT2D eigenvalue weighted by Crippen LogP contribution is 2.53. The molecule has 146 valence electrons. The van der Waals surface area contributed by atoms with Crippen molar-refractivity contribution in [3.05, 3.63) is 108 Å². The van der Waals surface area contributed by atoms with Crippen LogP contribution in [0.1, 0.15) is 25.0 Å². The molecule has 7 rings (SSSR count). The molecule has 6 aromatic carbocycles. The average Bonchev–Trinajstić information content (AvgIpc) is 2.80. The highest BCUT2D eigenvalue weighted by Gasteiger charge is 2.36. The lowest BCUT2D eigenvalue weighted by Crippen LogP contribution is -2.24. The van der Waals surface area contributed by atoms with Crippen LogP contribution in [0.2, 0.25) is 0 Å². The zero-order valence-electron chi connectivity index (χ0n) is 17.7. The number of rotatable bonds is 0. The minimum atomic E-state index is -0.0894. The maximum atomic E-state index is 2.40. The summed E-state index contributed by atoms with van der Waals surface area (Å²) in [7, 11) is 0. The summed E-state index contributed by atoms with van der Waals surface area (Å²) in [6, 6.07) is 36.1. The Morgan fingerprint density at radius 3 is 2.06 bits per heavy atom. The first-order chi connectivity index (χ1) is 15.1. The molecular formula is C31H22. The van der Waals surface area contributed by atoms with Gasteiger partial charge in [0, 0.05) is 5.41 Å². The maximum Gasteiger partial charge on any atom is 0.0165 e. The molecule has 0 aromatic heterocycles. The van der Waals surface area contributed by atoms with Crippen molar-refractivity contribution >= 4 is 43.1 Å². The Bertz CT molecular complexity index is 1700. The summed E-state index contributed by atoms with van der Waals surface area (Å²) in [6.07, 6.45) is 0. The third kappa shape index (κ3) is 2.10. The second kappa shape index (κ2) is 5.74. The molecule has 31 heavy (non-hydrogen) atoms. The van der Waals surface area contributed by atoms with E-state index in [4.69, 9.17) is 0 Å². The van der Waals surface area contributed by atoms with Crippen molar-refractivity contribution in [1.29, 1.82) is 0 Å². The van der Waals surface area contributed by atoms with Gasteiger partial charge in [0.15, 0.2) is 0 Å². The Hall–Kier alpha value is -3.64. The summed E-state index contributed by atoms with van der Waals surface area (Å²) >= 11 is 0. The van der Waals surface area contributed by atoms with Crippen LogP contribution in [-0.4, -0.2) is 0 Å². The van der Waals surface area contributed by atoms with Gasteiger partial charge in [0.2, 0.25) is 0 Å². The van der Waals surface area contributed by atoms with Gasteiger partial charge in [-0.1, -0.05) is 105 Å². The van der Waals surface area contributed by atoms with Gasteiger partial charge in [-0.25, -0.2) is 0 Å². The Kier molecular flexibility index (Phi) is 3.16. The molecule has 0 heterocycles. The third-order valence-corrected chi connectivity index (χ3v) is 7.37. The van der Waals surface area contributed by atoms with Gasteiger partial charge in [0.05, 0.1) is 0 Å². The molecule has 1 aliphatic carbocycles. The molecule has 0 atom stereocenters. The monoisotopic (exact) mass is 394 g/mol. The van der Waals surface area contributed by atoms with E-state index in [1.807, 2.05) is 0 Å². The van der Waals surface area contributed by atoms with Crippen molar-refractivity contribution in [1.82, 2.24) is 0 Å². The van der Waals surface area contributed by atoms with E-state index in [0.717, 1.165) is 0 Å². The van der Waals surface area contributed by atoms with Gasteiger partial charge in [-0.05, 0) is 71.4 Å². The zero-order chi connectivity index (χ0) is 20.7. The van der Waals surface area contributed by atoms with E-state index in [-0.39, 0.29) is 5.41 Å². The van der Waals surface area contributed by atoms with E-state index in [1.165, 1.54) is 65.3 Å². The van der Waals surface area contributed by atoms with E-state index in [2.05, 4.69) is 111 Å². The Morgan fingerprint density at radius 2 is 1.19 bits per heavy atom. The van der Waals surface area contributed by atoms with Gasteiger partial charge in [0.1, 0.15) is 0 Å². The zero-order valence-corrected chi connectivity index (χ0v) is 17.7. The van der Waals surface area contributed by atoms with Gasteiger partial charge in [0.25, 0.3) is 0 Å². The minimum absolute atomic E-state index is 0.0894. The number of fused-ring (bicyclic) bond motifs is 8. The number of hydrogen-bond acceptors (Lipinski definition) is 0. The largest absolute Gasteiger partial charge is 0.0616 e. The fourth-order valence-electron chi connectivity index (χ4n) is 6.01. The topological polar surface area (TPSA) is 0 Å². The summed E-state index contributed by atoms with van der Waals surface area (Å²) in [5.74, 6) is 0. The second-order valence-corrected chi connectivity index (χ2v) is 9.37. The van der Waals surface area contributed by atoms with Crippen LogP contribution >= 0.6 is 0 Å². The summed E-state index contributed by atoms with van der Waals surface area (Å²) in [6.45, 7) is 4.81. The van der Waals surface area contributed by atoms with E-state index in [0.29, 0.717) is 0 Å². The molecule has 6 aromatic rings. The van der Waals surface area contributed by atoms with Crippen LogP contribution in [0.25, 0.3) is 54.2 Å². The predicted molar refractivity (Wildman–Crippen MR) is 134 cm³/mol. The minimum Gasteiger partial charge on any atom is -0.0616 e. The normalized spacial score (nSPS) is 14.4. The lowest BCUT2D eigenvalue weighted by atomic mass is 9.66. The van der Waals surface area contributed by atoms with Crippen molar-refractivity contribution in [2.24, 2.45) is 0 Å². The summed E-state index contributed by atoms with van der Waals surface area (Å²) in [5.41, 5.74) is 5.58. The van der Waals surface area contributed by atoms with Gasteiger partial charge < -0.3 is 0 Å². The molecule has 0 radical (unpaired) electrons. The quantitative estimate of drug-likeness (QED) is 0.179. The molecule has 0 nitrogen and oxygen atoms in total. The first-order valence-electron chi connectivity index (χ1n) is 11.0. The maximum absolute atomic E-state index is 2.40. The molecular weight excluding hydrogens is 372 g/mol. The van der Waals surface area contributed by atoms with Crippen LogP contribution in [0.15, 0.2) is 97.1 Å². The SMILES string of the molecule is CC1(C)c2cccc3cc4ccccc4c(c23)-c2ccc3ccc4ccccc4c3c21. The van der Waals surface area contributed by atoms with Crippen molar-refractivity contribution in [2.75, 3.05) is 0 Å². The number of hydrogen-bond donors (Lipinski definition) is 0. The van der Waals surface area contributed by atoms with Crippen molar-refractivity contribution in [3.8, 4) is 11.1 Å². The summed E-state index contributed by atoms with van der Waals surface area (Å²) < 4.78 is 0. The van der Waals surface area contributed by atoms with Crippen LogP contribution in [0, 0.1) is 0 Å².